The first kappa shape index (κ1) is 24.4. The normalized spacial score (nSPS) is 12.2. The molecule has 2 N–H and O–H groups in total. The lowest BCUT2D eigenvalue weighted by Gasteiger charge is -2.20. The number of benzene rings is 2. The van der Waals surface area contributed by atoms with Crippen LogP contribution in [0, 0.1) is 25.5 Å². The second-order valence-corrected chi connectivity index (χ2v) is 8.97. The van der Waals surface area contributed by atoms with Gasteiger partial charge < -0.3 is 9.73 Å². The van der Waals surface area contributed by atoms with Crippen LogP contribution in [0.2, 0.25) is 5.15 Å². The number of hydrogen-bond donors (Lipinski definition) is 2. The van der Waals surface area contributed by atoms with Gasteiger partial charge in [-0.05, 0) is 62.7 Å². The fourth-order valence-electron chi connectivity index (χ4n) is 4.18. The maximum Gasteiger partial charge on any atom is 0.439 e. The van der Waals surface area contributed by atoms with Gasteiger partial charge in [-0.15, -0.1) is 0 Å². The number of anilines is 1. The largest absolute Gasteiger partial charge is 0.455 e. The molecule has 2 aromatic carbocycles. The van der Waals surface area contributed by atoms with Crippen molar-refractivity contribution >= 4 is 28.3 Å². The quantitative estimate of drug-likeness (QED) is 0.274. The molecule has 0 aliphatic rings. The zero-order valence-corrected chi connectivity index (χ0v) is 20.5. The lowest BCUT2D eigenvalue weighted by atomic mass is 9.98. The lowest BCUT2D eigenvalue weighted by molar-refractivity contribution is 0.388. The van der Waals surface area contributed by atoms with Crippen molar-refractivity contribution in [3.05, 3.63) is 96.7 Å². The number of aromatic amines is 1. The van der Waals surface area contributed by atoms with Crippen molar-refractivity contribution in [1.82, 2.24) is 15.1 Å². The van der Waals surface area contributed by atoms with Crippen LogP contribution in [-0.4, -0.2) is 15.1 Å². The molecule has 0 aliphatic carbocycles. The minimum atomic E-state index is -1.05. The third kappa shape index (κ3) is 4.51. The molecular weight excluding hydrogens is 506 g/mol. The molecule has 0 bridgehead atoms. The zero-order valence-electron chi connectivity index (χ0n) is 19.8. The van der Waals surface area contributed by atoms with Crippen LogP contribution in [0.5, 0.6) is 0 Å². The molecule has 11 heteroatoms. The van der Waals surface area contributed by atoms with E-state index < -0.39 is 23.4 Å². The van der Waals surface area contributed by atoms with Crippen molar-refractivity contribution in [3.63, 3.8) is 0 Å². The minimum Gasteiger partial charge on any atom is -0.455 e. The summed E-state index contributed by atoms with van der Waals surface area (Å²) in [6.45, 7) is 5.27. The molecule has 188 valence electrons. The highest BCUT2D eigenvalue weighted by Crippen LogP contribution is 2.34. The molecule has 0 spiro atoms. The number of nitrogens with zero attached hydrogens (tertiary/aromatic N) is 2. The van der Waals surface area contributed by atoms with Gasteiger partial charge >= 0.3 is 5.76 Å². The van der Waals surface area contributed by atoms with Gasteiger partial charge in [0.15, 0.2) is 17.1 Å². The zero-order chi connectivity index (χ0) is 26.4. The lowest BCUT2D eigenvalue weighted by Crippen LogP contribution is -2.13. The molecular formula is C26H19ClF2N4O4. The van der Waals surface area contributed by atoms with E-state index in [0.29, 0.717) is 22.2 Å². The molecule has 0 radical (unpaired) electrons. The molecule has 0 saturated heterocycles. The molecule has 0 aliphatic heterocycles. The highest BCUT2D eigenvalue weighted by atomic mass is 35.5. The monoisotopic (exact) mass is 524 g/mol. The molecule has 5 rings (SSSR count). The van der Waals surface area contributed by atoms with Crippen LogP contribution in [0.3, 0.4) is 0 Å². The van der Waals surface area contributed by atoms with Gasteiger partial charge in [0, 0.05) is 16.7 Å². The average molecular weight is 525 g/mol. The van der Waals surface area contributed by atoms with E-state index >= 15 is 0 Å². The van der Waals surface area contributed by atoms with Crippen molar-refractivity contribution in [2.24, 2.45) is 0 Å². The van der Waals surface area contributed by atoms with Crippen LogP contribution in [0.1, 0.15) is 29.7 Å². The first-order valence-electron chi connectivity index (χ1n) is 11.1. The smallest absolute Gasteiger partial charge is 0.439 e. The fraction of sp³-hybridized carbons (Fsp3) is 0.154. The van der Waals surface area contributed by atoms with Crippen molar-refractivity contribution in [1.29, 1.82) is 0 Å². The molecule has 1 unspecified atom stereocenters. The summed E-state index contributed by atoms with van der Waals surface area (Å²) in [6, 6.07) is 9.69. The van der Waals surface area contributed by atoms with Crippen LogP contribution in [-0.2, 0) is 0 Å². The number of nitrogens with one attached hydrogen (secondary N) is 2. The summed E-state index contributed by atoms with van der Waals surface area (Å²) in [5.41, 5.74) is 2.69. The number of aryl methyl sites for hydroxylation is 1. The maximum atomic E-state index is 14.0. The first-order valence-corrected chi connectivity index (χ1v) is 11.5. The van der Waals surface area contributed by atoms with Gasteiger partial charge in [-0.25, -0.2) is 18.6 Å². The minimum absolute atomic E-state index is 0.0825. The van der Waals surface area contributed by atoms with E-state index in [1.807, 2.05) is 19.9 Å². The van der Waals surface area contributed by atoms with Crippen LogP contribution < -0.4 is 16.5 Å². The Kier molecular flexibility index (Phi) is 6.12. The Morgan fingerprint density at radius 2 is 1.84 bits per heavy atom. The van der Waals surface area contributed by atoms with Gasteiger partial charge in [-0.2, -0.15) is 0 Å². The predicted octanol–water partition coefficient (Wildman–Crippen LogP) is 5.92. The Labute approximate surface area is 212 Å². The van der Waals surface area contributed by atoms with Gasteiger partial charge in [-0.3, -0.25) is 14.3 Å². The van der Waals surface area contributed by atoms with Gasteiger partial charge in [-0.1, -0.05) is 22.8 Å². The number of aromatic nitrogens is 3. The highest BCUT2D eigenvalue weighted by molar-refractivity contribution is 6.29. The Morgan fingerprint density at radius 3 is 2.54 bits per heavy atom. The van der Waals surface area contributed by atoms with E-state index in [1.165, 1.54) is 6.07 Å². The first-order chi connectivity index (χ1) is 17.6. The number of hydrogen-bond acceptors (Lipinski definition) is 7. The van der Waals surface area contributed by atoms with Crippen LogP contribution in [0.15, 0.2) is 61.0 Å². The van der Waals surface area contributed by atoms with Gasteiger partial charge in [0.2, 0.25) is 5.82 Å². The fourth-order valence-corrected chi connectivity index (χ4v) is 4.32. The summed E-state index contributed by atoms with van der Waals surface area (Å²) in [4.78, 5) is 31.5. The Hall–Kier alpha value is -4.31. The molecule has 3 aromatic heterocycles. The Morgan fingerprint density at radius 1 is 1.05 bits per heavy atom. The molecule has 5 aromatic rings. The average Bonchev–Trinajstić information content (AvgIpc) is 3.30. The van der Waals surface area contributed by atoms with Crippen LogP contribution in [0.25, 0.3) is 33.8 Å². The Bertz CT molecular complexity index is 1790. The van der Waals surface area contributed by atoms with E-state index in [0.717, 1.165) is 17.7 Å². The summed E-state index contributed by atoms with van der Waals surface area (Å²) >= 11 is 6.07. The molecule has 3 heterocycles. The molecule has 1 atom stereocenters. The van der Waals surface area contributed by atoms with E-state index in [9.17, 15) is 18.4 Å². The standard InChI is InChI=1S/C26H19ClF2N4O4/c1-11-8-15(13(3)30-19-6-7-20(27)31-21(19)25-32-26(35)37-33-25)24-16(9-11)22(34)12(2)23(36-24)14-4-5-17(28)18(29)10-14/h4-10,13,30H,1-3H3,(H,32,33,35). The molecule has 0 fully saturated rings. The Balaban J connectivity index is 1.65. The third-order valence-corrected chi connectivity index (χ3v) is 6.15. The summed E-state index contributed by atoms with van der Waals surface area (Å²) < 4.78 is 38.3. The summed E-state index contributed by atoms with van der Waals surface area (Å²) in [5.74, 6) is -2.57. The van der Waals surface area contributed by atoms with E-state index in [2.05, 4.69) is 25.0 Å². The molecule has 0 amide bonds. The van der Waals surface area contributed by atoms with E-state index in [1.54, 1.807) is 25.1 Å². The number of pyridine rings is 1. The van der Waals surface area contributed by atoms with Crippen LogP contribution >= 0.6 is 11.6 Å². The summed E-state index contributed by atoms with van der Waals surface area (Å²) in [5, 5.41) is 7.51. The summed E-state index contributed by atoms with van der Waals surface area (Å²) in [6.07, 6.45) is 0. The van der Waals surface area contributed by atoms with Gasteiger partial charge in [0.1, 0.15) is 22.2 Å². The van der Waals surface area contributed by atoms with Crippen LogP contribution in [0.4, 0.5) is 14.5 Å². The van der Waals surface area contributed by atoms with E-state index in [-0.39, 0.29) is 39.0 Å². The highest BCUT2D eigenvalue weighted by Gasteiger charge is 2.21. The van der Waals surface area contributed by atoms with Crippen molar-refractivity contribution in [2.45, 2.75) is 26.8 Å². The topological polar surface area (TPSA) is 114 Å². The van der Waals surface area contributed by atoms with Crippen molar-refractivity contribution in [3.8, 4) is 22.8 Å². The maximum absolute atomic E-state index is 14.0. The molecule has 0 saturated carbocycles. The van der Waals surface area contributed by atoms with Gasteiger partial charge in [0.05, 0.1) is 17.1 Å². The second kappa shape index (κ2) is 9.29. The number of halogens is 3. The predicted molar refractivity (Wildman–Crippen MR) is 135 cm³/mol. The number of fused-ring (bicyclic) bond motifs is 1. The van der Waals surface area contributed by atoms with Crippen molar-refractivity contribution < 1.29 is 17.7 Å². The van der Waals surface area contributed by atoms with E-state index in [4.69, 9.17) is 16.0 Å². The second-order valence-electron chi connectivity index (χ2n) is 8.58. The van der Waals surface area contributed by atoms with Crippen molar-refractivity contribution in [2.75, 3.05) is 5.32 Å². The SMILES string of the molecule is Cc1cc(C(C)Nc2ccc(Cl)nc2-c2noc(=O)[nH]2)c2oc(-c3ccc(F)c(F)c3)c(C)c(=O)c2c1. The number of H-pyrrole nitrogens is 1. The number of rotatable bonds is 5. The van der Waals surface area contributed by atoms with Gasteiger partial charge in [0.25, 0.3) is 0 Å². The summed E-state index contributed by atoms with van der Waals surface area (Å²) in [7, 11) is 0. The molecule has 37 heavy (non-hydrogen) atoms. The molecule has 8 nitrogen and oxygen atoms in total. The third-order valence-electron chi connectivity index (χ3n) is 5.94.